The summed E-state index contributed by atoms with van der Waals surface area (Å²) in [6.45, 7) is 3.27. The van der Waals surface area contributed by atoms with Crippen LogP contribution < -0.4 is 0 Å². The van der Waals surface area contributed by atoms with E-state index in [9.17, 15) is 4.79 Å². The van der Waals surface area contributed by atoms with Crippen molar-refractivity contribution in [3.05, 3.63) is 30.1 Å². The predicted molar refractivity (Wildman–Crippen MR) is 63.2 cm³/mol. The van der Waals surface area contributed by atoms with Gasteiger partial charge in [0.05, 0.1) is 25.5 Å². The topological polar surface area (TPSA) is 62.7 Å². The van der Waals surface area contributed by atoms with Crippen LogP contribution in [0.2, 0.25) is 0 Å². The van der Waals surface area contributed by atoms with Crippen molar-refractivity contribution in [1.82, 2.24) is 9.88 Å². The maximum Gasteiger partial charge on any atom is 0.320 e. The molecule has 1 aromatic heterocycles. The van der Waals surface area contributed by atoms with Gasteiger partial charge in [-0.25, -0.2) is 0 Å². The summed E-state index contributed by atoms with van der Waals surface area (Å²) < 4.78 is 4.87. The highest BCUT2D eigenvalue weighted by Gasteiger charge is 2.11. The van der Waals surface area contributed by atoms with E-state index in [0.717, 1.165) is 5.69 Å². The van der Waals surface area contributed by atoms with Crippen LogP contribution in [0.25, 0.3) is 0 Å². The van der Waals surface area contributed by atoms with E-state index in [4.69, 9.17) is 9.84 Å². The molecule has 0 atom stereocenters. The lowest BCUT2D eigenvalue weighted by molar-refractivity contribution is -0.144. The zero-order valence-electron chi connectivity index (χ0n) is 10.0. The van der Waals surface area contributed by atoms with Crippen LogP contribution in [-0.4, -0.2) is 47.3 Å². The van der Waals surface area contributed by atoms with E-state index in [2.05, 4.69) is 4.98 Å². The fraction of sp³-hybridized carbons (Fsp3) is 0.500. The van der Waals surface area contributed by atoms with Crippen LogP contribution in [0.1, 0.15) is 12.6 Å². The van der Waals surface area contributed by atoms with Crippen LogP contribution in [0.15, 0.2) is 24.4 Å². The normalized spacial score (nSPS) is 10.5. The number of nitrogens with zero attached hydrogens (tertiary/aromatic N) is 2. The first-order valence-corrected chi connectivity index (χ1v) is 5.65. The van der Waals surface area contributed by atoms with E-state index < -0.39 is 0 Å². The Morgan fingerprint density at radius 2 is 2.35 bits per heavy atom. The molecule has 0 saturated carbocycles. The lowest BCUT2D eigenvalue weighted by atomic mass is 10.3. The van der Waals surface area contributed by atoms with Gasteiger partial charge >= 0.3 is 5.97 Å². The summed E-state index contributed by atoms with van der Waals surface area (Å²) in [6.07, 6.45) is 1.71. The Bertz CT molecular complexity index is 330. The number of esters is 1. The SMILES string of the molecule is CCOC(=O)CN(CCO)Cc1ccccn1. The zero-order valence-corrected chi connectivity index (χ0v) is 10.0. The molecule has 0 fully saturated rings. The molecule has 17 heavy (non-hydrogen) atoms. The van der Waals surface area contributed by atoms with Gasteiger partial charge in [-0.05, 0) is 19.1 Å². The number of ether oxygens (including phenoxy) is 1. The van der Waals surface area contributed by atoms with Gasteiger partial charge in [-0.15, -0.1) is 0 Å². The van der Waals surface area contributed by atoms with Gasteiger partial charge in [0.2, 0.25) is 0 Å². The maximum absolute atomic E-state index is 11.4. The summed E-state index contributed by atoms with van der Waals surface area (Å²) in [5, 5.41) is 8.94. The van der Waals surface area contributed by atoms with E-state index >= 15 is 0 Å². The van der Waals surface area contributed by atoms with Crippen LogP contribution in [0.5, 0.6) is 0 Å². The second-order valence-corrected chi connectivity index (χ2v) is 3.56. The molecule has 0 saturated heterocycles. The molecule has 94 valence electrons. The highest BCUT2D eigenvalue weighted by Crippen LogP contribution is 2.01. The highest BCUT2D eigenvalue weighted by atomic mass is 16.5. The van der Waals surface area contributed by atoms with Crippen LogP contribution >= 0.6 is 0 Å². The Morgan fingerprint density at radius 1 is 1.53 bits per heavy atom. The number of hydrogen-bond donors (Lipinski definition) is 1. The van der Waals surface area contributed by atoms with Crippen molar-refractivity contribution in [2.24, 2.45) is 0 Å². The number of hydrogen-bond acceptors (Lipinski definition) is 5. The second-order valence-electron chi connectivity index (χ2n) is 3.56. The molecule has 0 unspecified atom stereocenters. The van der Waals surface area contributed by atoms with E-state index in [0.29, 0.717) is 19.7 Å². The number of carbonyl (C=O) groups is 1. The van der Waals surface area contributed by atoms with E-state index in [1.165, 1.54) is 0 Å². The Balaban J connectivity index is 2.51. The summed E-state index contributed by atoms with van der Waals surface area (Å²) in [4.78, 5) is 17.3. The lowest BCUT2D eigenvalue weighted by Gasteiger charge is -2.19. The van der Waals surface area contributed by atoms with Crippen molar-refractivity contribution in [2.75, 3.05) is 26.3 Å². The largest absolute Gasteiger partial charge is 0.465 e. The van der Waals surface area contributed by atoms with Gasteiger partial charge in [-0.1, -0.05) is 6.07 Å². The average Bonchev–Trinajstić information content (AvgIpc) is 2.31. The first-order chi connectivity index (χ1) is 8.26. The Hall–Kier alpha value is -1.46. The molecule has 0 aliphatic rings. The third-order valence-electron chi connectivity index (χ3n) is 2.19. The van der Waals surface area contributed by atoms with Gasteiger partial charge < -0.3 is 9.84 Å². The van der Waals surface area contributed by atoms with Crippen LogP contribution in [0.4, 0.5) is 0 Å². The molecule has 0 aromatic carbocycles. The van der Waals surface area contributed by atoms with Crippen molar-refractivity contribution in [1.29, 1.82) is 0 Å². The van der Waals surface area contributed by atoms with Gasteiger partial charge in [0.15, 0.2) is 0 Å². The quantitative estimate of drug-likeness (QED) is 0.698. The summed E-state index contributed by atoms with van der Waals surface area (Å²) in [5.41, 5.74) is 0.866. The van der Waals surface area contributed by atoms with Crippen molar-refractivity contribution in [2.45, 2.75) is 13.5 Å². The summed E-state index contributed by atoms with van der Waals surface area (Å²) >= 11 is 0. The molecule has 0 amide bonds. The first-order valence-electron chi connectivity index (χ1n) is 5.65. The highest BCUT2D eigenvalue weighted by molar-refractivity contribution is 5.71. The van der Waals surface area contributed by atoms with Crippen LogP contribution in [-0.2, 0) is 16.1 Å². The number of aromatic nitrogens is 1. The number of aliphatic hydroxyl groups excluding tert-OH is 1. The minimum Gasteiger partial charge on any atom is -0.465 e. The Labute approximate surface area is 101 Å². The maximum atomic E-state index is 11.4. The Morgan fingerprint density at radius 3 is 2.94 bits per heavy atom. The first kappa shape index (κ1) is 13.6. The predicted octanol–water partition coefficient (Wildman–Crippen LogP) is 0.439. The van der Waals surface area contributed by atoms with Crippen molar-refractivity contribution >= 4 is 5.97 Å². The molecule has 1 rings (SSSR count). The minimum atomic E-state index is -0.281. The fourth-order valence-corrected chi connectivity index (χ4v) is 1.47. The average molecular weight is 238 g/mol. The summed E-state index contributed by atoms with van der Waals surface area (Å²) in [7, 11) is 0. The molecular weight excluding hydrogens is 220 g/mol. The molecular formula is C12H18N2O3. The van der Waals surface area contributed by atoms with Crippen molar-refractivity contribution in [3.63, 3.8) is 0 Å². The smallest absolute Gasteiger partial charge is 0.320 e. The molecule has 0 aliphatic carbocycles. The monoisotopic (exact) mass is 238 g/mol. The molecule has 0 spiro atoms. The van der Waals surface area contributed by atoms with Crippen molar-refractivity contribution < 1.29 is 14.6 Å². The molecule has 1 aromatic rings. The van der Waals surface area contributed by atoms with Gasteiger partial charge in [0.25, 0.3) is 0 Å². The van der Waals surface area contributed by atoms with Crippen molar-refractivity contribution in [3.8, 4) is 0 Å². The number of pyridine rings is 1. The molecule has 5 heteroatoms. The molecule has 0 bridgehead atoms. The van der Waals surface area contributed by atoms with E-state index in [1.54, 1.807) is 18.0 Å². The van der Waals surface area contributed by atoms with Crippen LogP contribution in [0.3, 0.4) is 0 Å². The fourth-order valence-electron chi connectivity index (χ4n) is 1.47. The molecule has 0 aliphatic heterocycles. The van der Waals surface area contributed by atoms with E-state index in [1.807, 2.05) is 18.2 Å². The molecule has 5 nitrogen and oxygen atoms in total. The zero-order chi connectivity index (χ0) is 12.5. The van der Waals surface area contributed by atoms with Gasteiger partial charge in [0.1, 0.15) is 0 Å². The molecule has 1 N–H and O–H groups in total. The van der Waals surface area contributed by atoms with Crippen LogP contribution in [0, 0.1) is 0 Å². The summed E-state index contributed by atoms with van der Waals surface area (Å²) in [6, 6.07) is 5.62. The van der Waals surface area contributed by atoms with Gasteiger partial charge in [-0.2, -0.15) is 0 Å². The molecule has 1 heterocycles. The number of aliphatic hydroxyl groups is 1. The van der Waals surface area contributed by atoms with E-state index in [-0.39, 0.29) is 19.1 Å². The lowest BCUT2D eigenvalue weighted by Crippen LogP contribution is -2.33. The summed E-state index contributed by atoms with van der Waals surface area (Å²) in [5.74, 6) is -0.281. The Kier molecular flexibility index (Phi) is 6.21. The number of rotatable bonds is 7. The minimum absolute atomic E-state index is 0.00619. The molecule has 0 radical (unpaired) electrons. The second kappa shape index (κ2) is 7.76. The van der Waals surface area contributed by atoms with Gasteiger partial charge in [-0.3, -0.25) is 14.7 Å². The number of carbonyl (C=O) groups excluding carboxylic acids is 1. The standard InChI is InChI=1S/C12H18N2O3/c1-2-17-12(16)10-14(7-8-15)9-11-5-3-4-6-13-11/h3-6,15H,2,7-10H2,1H3. The third kappa shape index (κ3) is 5.42. The van der Waals surface area contributed by atoms with Gasteiger partial charge in [0, 0.05) is 19.3 Å². The third-order valence-corrected chi connectivity index (χ3v) is 2.19.